The molecule has 0 radical (unpaired) electrons. The van der Waals surface area contributed by atoms with Crippen molar-refractivity contribution in [2.24, 2.45) is 0 Å². The molecule has 0 unspecified atom stereocenters. The number of ether oxygens (including phenoxy) is 2. The maximum Gasteiger partial charge on any atom is 0.404 e. The highest BCUT2D eigenvalue weighted by molar-refractivity contribution is 6.61. The molecule has 1 heterocycles. The fraction of sp³-hybridized carbons (Fsp3) is 0.875. The summed E-state index contributed by atoms with van der Waals surface area (Å²) >= 11 is 5.01. The third kappa shape index (κ3) is 5.38. The summed E-state index contributed by atoms with van der Waals surface area (Å²) in [5.74, 6) is 0. The highest BCUT2D eigenvalue weighted by Crippen LogP contribution is 2.11. The minimum atomic E-state index is -0.716. The fourth-order valence-corrected chi connectivity index (χ4v) is 1.05. The van der Waals surface area contributed by atoms with Gasteiger partial charge in [-0.15, -0.1) is 0 Å². The van der Waals surface area contributed by atoms with Crippen molar-refractivity contribution in [1.82, 2.24) is 0 Å². The maximum atomic E-state index is 10.2. The van der Waals surface area contributed by atoms with Crippen molar-refractivity contribution in [2.75, 3.05) is 13.2 Å². The number of carbonyl (C=O) groups excluding carboxylic acids is 1. The lowest BCUT2D eigenvalue weighted by molar-refractivity contribution is 0.00932. The molecule has 1 saturated heterocycles. The van der Waals surface area contributed by atoms with Gasteiger partial charge in [0.1, 0.15) is 6.10 Å². The highest BCUT2D eigenvalue weighted by Gasteiger charge is 2.16. The third-order valence-electron chi connectivity index (χ3n) is 1.43. The average Bonchev–Trinajstić information content (AvgIpc) is 2.08. The van der Waals surface area contributed by atoms with Crippen LogP contribution in [0.1, 0.15) is 26.7 Å². The summed E-state index contributed by atoms with van der Waals surface area (Å²) in [6.07, 6.45) is 1.50. The number of hydrogen-bond acceptors (Lipinski definition) is 3. The molecule has 72 valence electrons. The molecule has 0 spiro atoms. The van der Waals surface area contributed by atoms with Crippen LogP contribution in [0.2, 0.25) is 0 Å². The van der Waals surface area contributed by atoms with Gasteiger partial charge in [0.2, 0.25) is 0 Å². The molecule has 0 saturated carbocycles. The maximum absolute atomic E-state index is 10.2. The summed E-state index contributed by atoms with van der Waals surface area (Å²) in [6.45, 7) is 5.32. The fourth-order valence-electron chi connectivity index (χ4n) is 0.925. The Morgan fingerprint density at radius 3 is 2.33 bits per heavy atom. The largest absolute Gasteiger partial charge is 0.450 e. The predicted octanol–water partition coefficient (Wildman–Crippen LogP) is 2.57. The third-order valence-corrected chi connectivity index (χ3v) is 1.52. The lowest BCUT2D eigenvalue weighted by Crippen LogP contribution is -2.24. The van der Waals surface area contributed by atoms with Gasteiger partial charge < -0.3 is 9.47 Å². The van der Waals surface area contributed by atoms with Crippen molar-refractivity contribution in [3.05, 3.63) is 0 Å². The molecule has 0 aromatic rings. The minimum Gasteiger partial charge on any atom is -0.450 e. The zero-order valence-corrected chi connectivity index (χ0v) is 8.26. The second-order valence-corrected chi connectivity index (χ2v) is 2.48. The standard InChI is InChI=1S/C6H9ClO3.C2H6/c7-6(8)10-5-1-3-9-4-2-5;1-2/h5H,1-4H2;1-2H3. The average molecular weight is 195 g/mol. The summed E-state index contributed by atoms with van der Waals surface area (Å²) in [6, 6.07) is 0. The summed E-state index contributed by atoms with van der Waals surface area (Å²) in [7, 11) is 0. The predicted molar refractivity (Wildman–Crippen MR) is 47.5 cm³/mol. The van der Waals surface area contributed by atoms with E-state index in [1.165, 1.54) is 0 Å². The molecule has 1 rings (SSSR count). The Kier molecular flexibility index (Phi) is 7.20. The first-order chi connectivity index (χ1) is 5.79. The van der Waals surface area contributed by atoms with Crippen molar-refractivity contribution in [3.63, 3.8) is 0 Å². The molecule has 1 aliphatic rings. The Hall–Kier alpha value is -0.280. The van der Waals surface area contributed by atoms with E-state index < -0.39 is 5.43 Å². The number of halogens is 1. The van der Waals surface area contributed by atoms with Crippen LogP contribution in [-0.2, 0) is 9.47 Å². The number of carbonyl (C=O) groups is 1. The topological polar surface area (TPSA) is 35.5 Å². The molecule has 0 atom stereocenters. The van der Waals surface area contributed by atoms with E-state index in [0.717, 1.165) is 12.8 Å². The first kappa shape index (κ1) is 11.7. The van der Waals surface area contributed by atoms with Crippen LogP contribution in [0.5, 0.6) is 0 Å². The molecular weight excluding hydrogens is 180 g/mol. The SMILES string of the molecule is CC.O=C(Cl)OC1CCOCC1. The molecule has 4 heteroatoms. The van der Waals surface area contributed by atoms with Gasteiger partial charge in [-0.25, -0.2) is 4.79 Å². The second-order valence-electron chi connectivity index (χ2n) is 2.17. The summed E-state index contributed by atoms with van der Waals surface area (Å²) < 4.78 is 9.78. The molecule has 0 aromatic carbocycles. The van der Waals surface area contributed by atoms with E-state index >= 15 is 0 Å². The van der Waals surface area contributed by atoms with E-state index in [0.29, 0.717) is 13.2 Å². The van der Waals surface area contributed by atoms with Crippen LogP contribution in [0.4, 0.5) is 4.79 Å². The number of hydrogen-bond donors (Lipinski definition) is 0. The quantitative estimate of drug-likeness (QED) is 0.602. The molecule has 0 amide bonds. The van der Waals surface area contributed by atoms with E-state index in [-0.39, 0.29) is 6.10 Å². The van der Waals surface area contributed by atoms with Crippen LogP contribution in [0, 0.1) is 0 Å². The second kappa shape index (κ2) is 7.37. The van der Waals surface area contributed by atoms with Crippen molar-refractivity contribution >= 4 is 17.0 Å². The van der Waals surface area contributed by atoms with E-state index in [2.05, 4.69) is 0 Å². The Bertz CT molecular complexity index is 121. The number of rotatable bonds is 1. The van der Waals surface area contributed by atoms with Crippen LogP contribution in [0.25, 0.3) is 0 Å². The van der Waals surface area contributed by atoms with E-state index in [1.807, 2.05) is 13.8 Å². The van der Waals surface area contributed by atoms with Crippen molar-refractivity contribution in [2.45, 2.75) is 32.8 Å². The molecule has 0 aromatic heterocycles. The van der Waals surface area contributed by atoms with Gasteiger partial charge in [0.05, 0.1) is 13.2 Å². The van der Waals surface area contributed by atoms with Gasteiger partial charge in [0.25, 0.3) is 0 Å². The van der Waals surface area contributed by atoms with E-state index in [4.69, 9.17) is 21.1 Å². The lowest BCUT2D eigenvalue weighted by Gasteiger charge is -2.20. The monoisotopic (exact) mass is 194 g/mol. The highest BCUT2D eigenvalue weighted by atomic mass is 35.5. The molecule has 0 aliphatic carbocycles. The van der Waals surface area contributed by atoms with Crippen LogP contribution in [-0.4, -0.2) is 24.7 Å². The Morgan fingerprint density at radius 1 is 1.42 bits per heavy atom. The van der Waals surface area contributed by atoms with Gasteiger partial charge in [-0.3, -0.25) is 0 Å². The Labute approximate surface area is 78.0 Å². The molecule has 1 aliphatic heterocycles. The van der Waals surface area contributed by atoms with E-state index in [1.54, 1.807) is 0 Å². The van der Waals surface area contributed by atoms with Gasteiger partial charge in [0.15, 0.2) is 0 Å². The molecule has 0 bridgehead atoms. The normalized spacial score (nSPS) is 17.6. The molecule has 1 fully saturated rings. The van der Waals surface area contributed by atoms with Gasteiger partial charge in [0, 0.05) is 24.4 Å². The first-order valence-corrected chi connectivity index (χ1v) is 4.60. The smallest absolute Gasteiger partial charge is 0.404 e. The van der Waals surface area contributed by atoms with Gasteiger partial charge in [-0.1, -0.05) is 13.8 Å². The van der Waals surface area contributed by atoms with Crippen molar-refractivity contribution in [1.29, 1.82) is 0 Å². The van der Waals surface area contributed by atoms with Crippen LogP contribution < -0.4 is 0 Å². The Balaban J connectivity index is 0.000000561. The minimum absolute atomic E-state index is 0.0289. The van der Waals surface area contributed by atoms with Gasteiger partial charge in [-0.2, -0.15) is 0 Å². The first-order valence-electron chi connectivity index (χ1n) is 4.23. The molecular formula is C8H15ClO3. The summed E-state index contributed by atoms with van der Waals surface area (Å²) in [5.41, 5.74) is -0.716. The van der Waals surface area contributed by atoms with Crippen LogP contribution >= 0.6 is 11.6 Å². The summed E-state index contributed by atoms with van der Waals surface area (Å²) in [4.78, 5) is 10.2. The van der Waals surface area contributed by atoms with Crippen LogP contribution in [0.15, 0.2) is 0 Å². The lowest BCUT2D eigenvalue weighted by atomic mass is 10.2. The van der Waals surface area contributed by atoms with Crippen molar-refractivity contribution < 1.29 is 14.3 Å². The van der Waals surface area contributed by atoms with Crippen molar-refractivity contribution in [3.8, 4) is 0 Å². The molecule has 0 N–H and O–H groups in total. The zero-order chi connectivity index (χ0) is 9.40. The zero-order valence-electron chi connectivity index (χ0n) is 7.51. The summed E-state index contributed by atoms with van der Waals surface area (Å²) in [5, 5.41) is 0. The van der Waals surface area contributed by atoms with Crippen LogP contribution in [0.3, 0.4) is 0 Å². The van der Waals surface area contributed by atoms with Gasteiger partial charge in [-0.05, 0) is 0 Å². The Morgan fingerprint density at radius 2 is 1.92 bits per heavy atom. The molecule has 3 nitrogen and oxygen atoms in total. The van der Waals surface area contributed by atoms with Gasteiger partial charge >= 0.3 is 5.43 Å². The molecule has 12 heavy (non-hydrogen) atoms. The van der Waals surface area contributed by atoms with E-state index in [9.17, 15) is 4.79 Å².